The van der Waals surface area contributed by atoms with E-state index in [1.165, 1.54) is 21.6 Å². The second kappa shape index (κ2) is 4.92. The monoisotopic (exact) mass is 224 g/mol. The van der Waals surface area contributed by atoms with Crippen molar-refractivity contribution in [1.29, 1.82) is 0 Å². The maximum Gasteiger partial charge on any atom is 0.198 e. The largest absolute Gasteiger partial charge is 0.230 e. The molecule has 4 nitrogen and oxygen atoms in total. The van der Waals surface area contributed by atoms with Gasteiger partial charge < -0.3 is 0 Å². The van der Waals surface area contributed by atoms with E-state index in [0.29, 0.717) is 10.3 Å². The van der Waals surface area contributed by atoms with Gasteiger partial charge in [-0.25, -0.2) is 19.9 Å². The highest BCUT2D eigenvalue weighted by atomic mass is 33.1. The summed E-state index contributed by atoms with van der Waals surface area (Å²) in [4.78, 5) is 16.3. The van der Waals surface area contributed by atoms with E-state index < -0.39 is 0 Å². The summed E-state index contributed by atoms with van der Waals surface area (Å²) in [5.74, 6) is 0. The molecule has 0 saturated carbocycles. The van der Waals surface area contributed by atoms with Crippen LogP contribution in [0.5, 0.6) is 0 Å². The molecule has 0 saturated heterocycles. The molecule has 0 unspecified atom stereocenters. The van der Waals surface area contributed by atoms with Gasteiger partial charge in [0.25, 0.3) is 0 Å². The Morgan fingerprint density at radius 3 is 1.36 bits per heavy atom. The predicted molar refractivity (Wildman–Crippen MR) is 55.8 cm³/mol. The maximum absolute atomic E-state index is 4.07. The Hall–Kier alpha value is -1.14. The molecule has 0 amide bonds. The Morgan fingerprint density at radius 1 is 0.643 bits per heavy atom. The topological polar surface area (TPSA) is 51.6 Å². The molecular weight excluding hydrogens is 218 g/mol. The van der Waals surface area contributed by atoms with Crippen LogP contribution in [0.1, 0.15) is 0 Å². The summed E-state index contributed by atoms with van der Waals surface area (Å²) in [6.07, 6.45) is 6.84. The summed E-state index contributed by atoms with van der Waals surface area (Å²) in [7, 11) is 2.89. The van der Waals surface area contributed by atoms with Gasteiger partial charge in [0, 0.05) is 24.8 Å². The minimum absolute atomic E-state index is 0.713. The van der Waals surface area contributed by atoms with Gasteiger partial charge in [0.15, 0.2) is 10.3 Å². The molecule has 0 N–H and O–H groups in total. The highest BCUT2D eigenvalue weighted by molar-refractivity contribution is 8.76. The molecule has 0 fully saturated rings. The van der Waals surface area contributed by atoms with E-state index in [-0.39, 0.29) is 0 Å². The van der Waals surface area contributed by atoms with Gasteiger partial charge in [-0.05, 0) is 33.7 Å². The number of hydrogen-bond donors (Lipinski definition) is 0. The number of aromatic nitrogens is 4. The van der Waals surface area contributed by atoms with Crippen LogP contribution in [0.25, 0.3) is 0 Å². The van der Waals surface area contributed by atoms with Gasteiger partial charge in [0.2, 0.25) is 0 Å². The maximum atomic E-state index is 4.07. The Kier molecular flexibility index (Phi) is 3.31. The van der Waals surface area contributed by atoms with Crippen molar-refractivity contribution in [1.82, 2.24) is 19.9 Å². The van der Waals surface area contributed by atoms with Crippen LogP contribution >= 0.6 is 21.6 Å². The zero-order valence-electron chi connectivity index (χ0n) is 7.07. The molecular formula is C8H6N4S2. The average Bonchev–Trinajstić information content (AvgIpc) is 2.29. The summed E-state index contributed by atoms with van der Waals surface area (Å²) in [5, 5.41) is 1.43. The zero-order chi connectivity index (χ0) is 9.64. The molecule has 70 valence electrons. The quantitative estimate of drug-likeness (QED) is 0.587. The van der Waals surface area contributed by atoms with Gasteiger partial charge in [-0.1, -0.05) is 0 Å². The first-order valence-corrected chi connectivity index (χ1v) is 5.99. The fourth-order valence-corrected chi connectivity index (χ4v) is 2.26. The third-order valence-electron chi connectivity index (χ3n) is 1.27. The van der Waals surface area contributed by atoms with Crippen LogP contribution in [0, 0.1) is 0 Å². The summed E-state index contributed by atoms with van der Waals surface area (Å²) >= 11 is 0. The molecule has 0 spiro atoms. The fourth-order valence-electron chi connectivity index (χ4n) is 0.731. The normalized spacial score (nSPS) is 10.0. The lowest BCUT2D eigenvalue weighted by molar-refractivity contribution is 0.966. The van der Waals surface area contributed by atoms with Crippen LogP contribution in [-0.4, -0.2) is 19.9 Å². The van der Waals surface area contributed by atoms with Gasteiger partial charge in [-0.2, -0.15) is 0 Å². The Bertz CT molecular complexity index is 342. The predicted octanol–water partition coefficient (Wildman–Crippen LogP) is 2.07. The van der Waals surface area contributed by atoms with Crippen molar-refractivity contribution in [2.45, 2.75) is 10.3 Å². The van der Waals surface area contributed by atoms with E-state index in [9.17, 15) is 0 Å². The van der Waals surface area contributed by atoms with Crippen LogP contribution in [0.15, 0.2) is 47.2 Å². The molecule has 0 aromatic carbocycles. The van der Waals surface area contributed by atoms with Gasteiger partial charge in [-0.15, -0.1) is 0 Å². The SMILES string of the molecule is c1cnc(SSc2nccc[15n]2)[15n]c1. The fraction of sp³-hybridized carbons (Fsp3) is 0. The minimum atomic E-state index is 0.713. The molecule has 2 heterocycles. The Balaban J connectivity index is 1.96. The van der Waals surface area contributed by atoms with Crippen LogP contribution in [0.2, 0.25) is 0 Å². The first-order valence-electron chi connectivity index (χ1n) is 3.84. The van der Waals surface area contributed by atoms with Crippen molar-refractivity contribution in [3.63, 3.8) is 0 Å². The first kappa shape index (κ1) is 9.42. The lowest BCUT2D eigenvalue weighted by Crippen LogP contribution is -1.83. The van der Waals surface area contributed by atoms with E-state index in [2.05, 4.69) is 19.9 Å². The van der Waals surface area contributed by atoms with Crippen molar-refractivity contribution >= 4 is 21.6 Å². The van der Waals surface area contributed by atoms with Gasteiger partial charge in [-0.3, -0.25) is 0 Å². The van der Waals surface area contributed by atoms with Crippen LogP contribution < -0.4 is 0 Å². The van der Waals surface area contributed by atoms with Crippen molar-refractivity contribution < 1.29 is 0 Å². The number of hydrogen-bond acceptors (Lipinski definition) is 6. The first-order chi connectivity index (χ1) is 6.95. The molecule has 0 radical (unpaired) electrons. The Morgan fingerprint density at radius 2 is 1.00 bits per heavy atom. The third kappa shape index (κ3) is 2.68. The van der Waals surface area contributed by atoms with E-state index in [1.54, 1.807) is 36.9 Å². The van der Waals surface area contributed by atoms with E-state index in [1.807, 2.05) is 0 Å². The zero-order valence-corrected chi connectivity index (χ0v) is 8.70. The van der Waals surface area contributed by atoms with Crippen LogP contribution in [-0.2, 0) is 0 Å². The molecule has 6 heteroatoms. The summed E-state index contributed by atoms with van der Waals surface area (Å²) < 4.78 is 0. The second-order valence-corrected chi connectivity index (χ2v) is 4.29. The van der Waals surface area contributed by atoms with Crippen molar-refractivity contribution in [3.05, 3.63) is 36.9 Å². The van der Waals surface area contributed by atoms with Crippen LogP contribution in [0.3, 0.4) is 0 Å². The van der Waals surface area contributed by atoms with E-state index in [0.717, 1.165) is 0 Å². The molecule has 2 rings (SSSR count). The molecule has 14 heavy (non-hydrogen) atoms. The number of nitrogens with zero attached hydrogens (tertiary/aromatic N) is 4. The number of rotatable bonds is 3. The lowest BCUT2D eigenvalue weighted by atomic mass is 10.7. The molecule has 0 bridgehead atoms. The smallest absolute Gasteiger partial charge is 0.198 e. The van der Waals surface area contributed by atoms with Crippen molar-refractivity contribution in [2.75, 3.05) is 0 Å². The molecule has 0 aliphatic rings. The molecule has 2 aromatic heterocycles. The highest BCUT2D eigenvalue weighted by Gasteiger charge is 1.99. The molecule has 0 aliphatic heterocycles. The van der Waals surface area contributed by atoms with Gasteiger partial charge in [0.05, 0.1) is 0 Å². The Labute approximate surface area is 89.0 Å². The lowest BCUT2D eigenvalue weighted by Gasteiger charge is -1.96. The molecule has 0 aliphatic carbocycles. The summed E-state index contributed by atoms with van der Waals surface area (Å²) in [6, 6.07) is 3.57. The third-order valence-corrected chi connectivity index (χ3v) is 3.22. The van der Waals surface area contributed by atoms with Crippen molar-refractivity contribution in [3.8, 4) is 0 Å². The van der Waals surface area contributed by atoms with Gasteiger partial charge >= 0.3 is 0 Å². The molecule has 2 aromatic rings. The summed E-state index contributed by atoms with van der Waals surface area (Å²) in [6.45, 7) is 0. The average molecular weight is 224 g/mol. The van der Waals surface area contributed by atoms with Crippen LogP contribution in [0.4, 0.5) is 0 Å². The molecule has 0 atom stereocenters. The van der Waals surface area contributed by atoms with Gasteiger partial charge in [0.1, 0.15) is 0 Å². The summed E-state index contributed by atoms with van der Waals surface area (Å²) in [5.41, 5.74) is 0. The minimum Gasteiger partial charge on any atom is -0.230 e. The van der Waals surface area contributed by atoms with Crippen molar-refractivity contribution in [2.24, 2.45) is 0 Å². The second-order valence-electron chi connectivity index (χ2n) is 2.23. The van der Waals surface area contributed by atoms with E-state index >= 15 is 0 Å². The standard InChI is InChI=1S/C8H6N4S2/c1-3-9-7(10-4-1)13-14-8-11-5-2-6-12-8/h1-6H/i9+1,11+1. The van der Waals surface area contributed by atoms with E-state index in [4.69, 9.17) is 0 Å². The highest BCUT2D eigenvalue weighted by Crippen LogP contribution is 2.31.